The van der Waals surface area contributed by atoms with Gasteiger partial charge in [0.2, 0.25) is 5.91 Å². The Bertz CT molecular complexity index is 696. The molecule has 6 heteroatoms. The van der Waals surface area contributed by atoms with Gasteiger partial charge in [-0.25, -0.2) is 4.98 Å². The molecule has 1 aliphatic heterocycles. The van der Waals surface area contributed by atoms with Gasteiger partial charge in [0.1, 0.15) is 5.25 Å². The highest BCUT2D eigenvalue weighted by Gasteiger charge is 2.29. The van der Waals surface area contributed by atoms with Crippen LogP contribution < -0.4 is 5.56 Å². The van der Waals surface area contributed by atoms with Crippen molar-refractivity contribution in [3.8, 4) is 0 Å². The largest absolute Gasteiger partial charge is 0.341 e. The maximum Gasteiger partial charge on any atom is 0.251 e. The van der Waals surface area contributed by atoms with Crippen molar-refractivity contribution in [2.75, 3.05) is 13.1 Å². The maximum absolute atomic E-state index is 12.8. The van der Waals surface area contributed by atoms with Crippen LogP contribution in [0.2, 0.25) is 0 Å². The summed E-state index contributed by atoms with van der Waals surface area (Å²) in [6.45, 7) is 1.61. The number of hydrogen-bond donors (Lipinski definition) is 1. The number of carbonyl (C=O) groups is 1. The van der Waals surface area contributed by atoms with Crippen LogP contribution in [0.4, 0.5) is 0 Å². The number of likely N-dealkylation sites (tertiary alicyclic amines) is 1. The highest BCUT2D eigenvalue weighted by Crippen LogP contribution is 2.35. The Morgan fingerprint density at radius 2 is 1.91 bits per heavy atom. The van der Waals surface area contributed by atoms with Crippen molar-refractivity contribution < 1.29 is 4.79 Å². The number of H-pyrrole nitrogens is 1. The fourth-order valence-corrected chi connectivity index (χ4v) is 3.56. The van der Waals surface area contributed by atoms with E-state index in [1.165, 1.54) is 24.0 Å². The van der Waals surface area contributed by atoms with Crippen molar-refractivity contribution in [2.24, 2.45) is 0 Å². The van der Waals surface area contributed by atoms with Gasteiger partial charge in [-0.1, -0.05) is 42.1 Å². The molecule has 1 N–H and O–H groups in total. The summed E-state index contributed by atoms with van der Waals surface area (Å²) >= 11 is 1.29. The molecule has 2 aromatic rings. The molecule has 0 aliphatic carbocycles. The number of carbonyl (C=O) groups excluding carboxylic acids is 1. The number of aromatic nitrogens is 2. The van der Waals surface area contributed by atoms with E-state index >= 15 is 0 Å². The van der Waals surface area contributed by atoms with Gasteiger partial charge in [0.05, 0.1) is 0 Å². The molecular formula is C16H17N3O2S. The summed E-state index contributed by atoms with van der Waals surface area (Å²) in [7, 11) is 0. The molecule has 1 aromatic carbocycles. The number of amides is 1. The van der Waals surface area contributed by atoms with E-state index in [-0.39, 0.29) is 16.7 Å². The first-order valence-electron chi connectivity index (χ1n) is 7.30. The van der Waals surface area contributed by atoms with Crippen LogP contribution in [0, 0.1) is 0 Å². The summed E-state index contributed by atoms with van der Waals surface area (Å²) in [4.78, 5) is 33.0. The van der Waals surface area contributed by atoms with Gasteiger partial charge in [0.15, 0.2) is 5.16 Å². The van der Waals surface area contributed by atoms with E-state index in [0.717, 1.165) is 31.5 Å². The molecule has 1 aromatic heterocycles. The number of aromatic amines is 1. The van der Waals surface area contributed by atoms with Crippen LogP contribution in [0.3, 0.4) is 0 Å². The third-order valence-corrected chi connectivity index (χ3v) is 4.76. The van der Waals surface area contributed by atoms with E-state index in [1.807, 2.05) is 35.2 Å². The third-order valence-electron chi connectivity index (χ3n) is 3.62. The highest BCUT2D eigenvalue weighted by molar-refractivity contribution is 8.00. The van der Waals surface area contributed by atoms with Gasteiger partial charge in [-0.15, -0.1) is 0 Å². The van der Waals surface area contributed by atoms with Crippen molar-refractivity contribution in [3.63, 3.8) is 0 Å². The predicted molar refractivity (Wildman–Crippen MR) is 85.7 cm³/mol. The van der Waals surface area contributed by atoms with Gasteiger partial charge in [-0.05, 0) is 18.4 Å². The first-order chi connectivity index (χ1) is 10.7. The van der Waals surface area contributed by atoms with E-state index in [2.05, 4.69) is 9.97 Å². The number of hydrogen-bond acceptors (Lipinski definition) is 4. The van der Waals surface area contributed by atoms with E-state index < -0.39 is 0 Å². The van der Waals surface area contributed by atoms with Crippen LogP contribution in [0.5, 0.6) is 0 Å². The van der Waals surface area contributed by atoms with Crippen LogP contribution in [0.25, 0.3) is 0 Å². The molecule has 0 radical (unpaired) electrons. The zero-order valence-electron chi connectivity index (χ0n) is 12.1. The molecule has 3 rings (SSSR count). The van der Waals surface area contributed by atoms with E-state index in [9.17, 15) is 9.59 Å². The summed E-state index contributed by atoms with van der Waals surface area (Å²) in [6.07, 6.45) is 3.57. The summed E-state index contributed by atoms with van der Waals surface area (Å²) in [5.74, 6) is 0.0835. The number of rotatable bonds is 4. The number of nitrogens with one attached hydrogen (secondary N) is 1. The molecule has 0 spiro atoms. The Morgan fingerprint density at radius 3 is 2.59 bits per heavy atom. The lowest BCUT2D eigenvalue weighted by molar-refractivity contribution is -0.129. The second-order valence-electron chi connectivity index (χ2n) is 5.18. The van der Waals surface area contributed by atoms with Crippen molar-refractivity contribution in [2.45, 2.75) is 23.2 Å². The average Bonchev–Trinajstić information content (AvgIpc) is 3.07. The fourth-order valence-electron chi connectivity index (χ4n) is 2.52. The van der Waals surface area contributed by atoms with Crippen molar-refractivity contribution in [3.05, 3.63) is 58.5 Å². The summed E-state index contributed by atoms with van der Waals surface area (Å²) in [5.41, 5.74) is 0.717. The van der Waals surface area contributed by atoms with Gasteiger partial charge >= 0.3 is 0 Å². The van der Waals surface area contributed by atoms with E-state index in [4.69, 9.17) is 0 Å². The number of nitrogens with zero attached hydrogens (tertiary/aromatic N) is 2. The molecule has 5 nitrogen and oxygen atoms in total. The third kappa shape index (κ3) is 3.39. The van der Waals surface area contributed by atoms with Crippen molar-refractivity contribution in [1.82, 2.24) is 14.9 Å². The van der Waals surface area contributed by atoms with Crippen LogP contribution in [0.1, 0.15) is 23.7 Å². The quantitative estimate of drug-likeness (QED) is 0.694. The normalized spacial score (nSPS) is 15.7. The van der Waals surface area contributed by atoms with Gasteiger partial charge < -0.3 is 9.88 Å². The zero-order chi connectivity index (χ0) is 15.4. The maximum atomic E-state index is 12.8. The molecule has 0 unspecified atom stereocenters. The van der Waals surface area contributed by atoms with Crippen LogP contribution in [0.15, 0.2) is 52.5 Å². The van der Waals surface area contributed by atoms with Gasteiger partial charge in [-0.3, -0.25) is 9.59 Å². The second kappa shape index (κ2) is 6.79. The molecule has 1 saturated heterocycles. The molecule has 1 amide bonds. The lowest BCUT2D eigenvalue weighted by atomic mass is 10.1. The minimum absolute atomic E-state index is 0.0835. The first-order valence-corrected chi connectivity index (χ1v) is 8.18. The first kappa shape index (κ1) is 14.8. The predicted octanol–water partition coefficient (Wildman–Crippen LogP) is 2.23. The minimum Gasteiger partial charge on any atom is -0.341 e. The molecule has 2 heterocycles. The number of benzene rings is 1. The Hall–Kier alpha value is -2.08. The SMILES string of the molecule is O=C([C@@H](Sc1nccc(=O)[nH]1)c1ccccc1)N1CCCC1. The smallest absolute Gasteiger partial charge is 0.251 e. The second-order valence-corrected chi connectivity index (χ2v) is 6.27. The van der Waals surface area contributed by atoms with E-state index in [0.29, 0.717) is 5.16 Å². The monoisotopic (exact) mass is 315 g/mol. The minimum atomic E-state index is -0.384. The standard InChI is InChI=1S/C16H17N3O2S/c20-13-8-9-17-16(18-13)22-14(12-6-2-1-3-7-12)15(21)19-10-4-5-11-19/h1-3,6-9,14H,4-5,10-11H2,(H,17,18,20)/t14-/m0/s1. The molecular weight excluding hydrogens is 298 g/mol. The van der Waals surface area contributed by atoms with Crippen LogP contribution in [-0.4, -0.2) is 33.9 Å². The Morgan fingerprint density at radius 1 is 1.18 bits per heavy atom. The molecule has 0 saturated carbocycles. The molecule has 1 aliphatic rings. The topological polar surface area (TPSA) is 66.1 Å². The molecule has 22 heavy (non-hydrogen) atoms. The Labute approximate surface area is 132 Å². The molecule has 0 bridgehead atoms. The summed E-state index contributed by atoms with van der Waals surface area (Å²) in [6, 6.07) is 11.0. The van der Waals surface area contributed by atoms with Crippen molar-refractivity contribution >= 4 is 17.7 Å². The lowest BCUT2D eigenvalue weighted by Gasteiger charge is -2.22. The lowest BCUT2D eigenvalue weighted by Crippen LogP contribution is -2.31. The molecule has 114 valence electrons. The zero-order valence-corrected chi connectivity index (χ0v) is 12.9. The van der Waals surface area contributed by atoms with Gasteiger partial charge in [0.25, 0.3) is 5.56 Å². The van der Waals surface area contributed by atoms with Gasteiger partial charge in [0, 0.05) is 25.4 Å². The molecule has 1 atom stereocenters. The summed E-state index contributed by atoms with van der Waals surface area (Å²) < 4.78 is 0. The highest BCUT2D eigenvalue weighted by atomic mass is 32.2. The number of thioether (sulfide) groups is 1. The van der Waals surface area contributed by atoms with Crippen LogP contribution >= 0.6 is 11.8 Å². The fraction of sp³-hybridized carbons (Fsp3) is 0.312. The van der Waals surface area contributed by atoms with Crippen molar-refractivity contribution in [1.29, 1.82) is 0 Å². The van der Waals surface area contributed by atoms with Crippen LogP contribution in [-0.2, 0) is 4.79 Å². The summed E-state index contributed by atoms with van der Waals surface area (Å²) in [5, 5.41) is 0.0822. The van der Waals surface area contributed by atoms with E-state index in [1.54, 1.807) is 0 Å². The Kier molecular flexibility index (Phi) is 4.58. The van der Waals surface area contributed by atoms with Gasteiger partial charge in [-0.2, -0.15) is 0 Å². The average molecular weight is 315 g/mol. The Balaban J connectivity index is 1.89. The molecule has 1 fully saturated rings.